The molecule has 1 aromatic carbocycles. The molecule has 124 valence electrons. The second kappa shape index (κ2) is 7.04. The van der Waals surface area contributed by atoms with E-state index in [1.807, 2.05) is 0 Å². The third-order valence-corrected chi connectivity index (χ3v) is 5.92. The van der Waals surface area contributed by atoms with Crippen LogP contribution in [-0.4, -0.2) is 33.0 Å². The maximum absolute atomic E-state index is 12.3. The Morgan fingerprint density at radius 2 is 2.30 bits per heavy atom. The molecule has 2 aromatic rings. The highest BCUT2D eigenvalue weighted by Crippen LogP contribution is 2.27. The third-order valence-electron chi connectivity index (χ3n) is 3.67. The van der Waals surface area contributed by atoms with E-state index in [1.54, 1.807) is 17.0 Å². The summed E-state index contributed by atoms with van der Waals surface area (Å²) in [6, 6.07) is 4.68. The molecule has 3 N–H and O–H groups in total. The quantitative estimate of drug-likeness (QED) is 0.726. The fourth-order valence-corrected chi connectivity index (χ4v) is 4.30. The van der Waals surface area contributed by atoms with Crippen molar-refractivity contribution in [1.82, 2.24) is 10.3 Å². The largest absolute Gasteiger partial charge is 0.384 e. The molecular formula is C14H17ClN4O2S2. The standard InChI is InChI=1S/C14H17ClN4O2S2/c15-12-5-11(23(20,21)19-14-8-22-9-18-14)1-2-13(12)17-7-10-3-4-16-6-10/h1-2,5,8-10,16-17,19H,3-4,6-7H2/t10-/m0/s1. The highest BCUT2D eigenvalue weighted by molar-refractivity contribution is 7.92. The summed E-state index contributed by atoms with van der Waals surface area (Å²) >= 11 is 7.54. The van der Waals surface area contributed by atoms with Crippen LogP contribution in [0.25, 0.3) is 0 Å². The van der Waals surface area contributed by atoms with Crippen LogP contribution in [0.15, 0.2) is 34.0 Å². The molecule has 0 bridgehead atoms. The Labute approximate surface area is 144 Å². The van der Waals surface area contributed by atoms with Gasteiger partial charge in [0.15, 0.2) is 5.82 Å². The monoisotopic (exact) mass is 372 g/mol. The molecule has 1 fully saturated rings. The Morgan fingerprint density at radius 3 is 2.96 bits per heavy atom. The second-order valence-electron chi connectivity index (χ2n) is 5.36. The first kappa shape index (κ1) is 16.5. The van der Waals surface area contributed by atoms with Gasteiger partial charge >= 0.3 is 0 Å². The Morgan fingerprint density at radius 1 is 1.43 bits per heavy atom. The van der Waals surface area contributed by atoms with Crippen LogP contribution in [0, 0.1) is 5.92 Å². The Bertz CT molecular complexity index is 759. The van der Waals surface area contributed by atoms with E-state index in [2.05, 4.69) is 20.3 Å². The van der Waals surface area contributed by atoms with Gasteiger partial charge in [0.25, 0.3) is 10.0 Å². The first-order valence-corrected chi connectivity index (χ1v) is 10.00. The van der Waals surface area contributed by atoms with Crippen LogP contribution in [0.1, 0.15) is 6.42 Å². The normalized spacial score (nSPS) is 18.0. The Kier molecular flexibility index (Phi) is 5.05. The van der Waals surface area contributed by atoms with Crippen molar-refractivity contribution in [3.05, 3.63) is 34.1 Å². The summed E-state index contributed by atoms with van der Waals surface area (Å²) in [6.45, 7) is 2.85. The van der Waals surface area contributed by atoms with Crippen molar-refractivity contribution < 1.29 is 8.42 Å². The first-order valence-electron chi connectivity index (χ1n) is 7.20. The van der Waals surface area contributed by atoms with Gasteiger partial charge < -0.3 is 10.6 Å². The summed E-state index contributed by atoms with van der Waals surface area (Å²) in [4.78, 5) is 4.03. The van der Waals surface area contributed by atoms with Crippen molar-refractivity contribution in [2.24, 2.45) is 5.92 Å². The lowest BCUT2D eigenvalue weighted by Gasteiger charge is -2.13. The maximum Gasteiger partial charge on any atom is 0.263 e. The van der Waals surface area contributed by atoms with E-state index in [0.717, 1.165) is 31.7 Å². The number of rotatable bonds is 6. The van der Waals surface area contributed by atoms with Crippen LogP contribution in [-0.2, 0) is 10.0 Å². The minimum absolute atomic E-state index is 0.114. The zero-order valence-corrected chi connectivity index (χ0v) is 14.6. The number of anilines is 2. The molecule has 1 saturated heterocycles. The summed E-state index contributed by atoms with van der Waals surface area (Å²) in [5.74, 6) is 0.878. The lowest BCUT2D eigenvalue weighted by molar-refractivity contribution is 0.601. The molecule has 1 atom stereocenters. The average Bonchev–Trinajstić information content (AvgIpc) is 3.19. The SMILES string of the molecule is O=S(=O)(Nc1cscn1)c1ccc(NC[C@H]2CCNC2)c(Cl)c1. The Hall–Kier alpha value is -1.35. The summed E-state index contributed by atoms with van der Waals surface area (Å²) in [5.41, 5.74) is 2.31. The van der Waals surface area contributed by atoms with Crippen molar-refractivity contribution in [2.75, 3.05) is 29.7 Å². The Balaban J connectivity index is 1.70. The number of nitrogens with zero attached hydrogens (tertiary/aromatic N) is 1. The molecule has 0 aliphatic carbocycles. The molecule has 23 heavy (non-hydrogen) atoms. The van der Waals surface area contributed by atoms with Gasteiger partial charge in [0, 0.05) is 11.9 Å². The van der Waals surface area contributed by atoms with Crippen molar-refractivity contribution >= 4 is 44.5 Å². The van der Waals surface area contributed by atoms with E-state index < -0.39 is 10.0 Å². The van der Waals surface area contributed by atoms with E-state index in [4.69, 9.17) is 11.6 Å². The molecule has 1 aliphatic rings. The topological polar surface area (TPSA) is 83.1 Å². The molecular weight excluding hydrogens is 356 g/mol. The van der Waals surface area contributed by atoms with Gasteiger partial charge in [0.2, 0.25) is 0 Å². The number of benzene rings is 1. The van der Waals surface area contributed by atoms with Crippen LogP contribution in [0.4, 0.5) is 11.5 Å². The van der Waals surface area contributed by atoms with Gasteiger partial charge in [-0.15, -0.1) is 11.3 Å². The highest BCUT2D eigenvalue weighted by Gasteiger charge is 2.18. The third kappa shape index (κ3) is 4.14. The minimum atomic E-state index is -3.68. The minimum Gasteiger partial charge on any atom is -0.384 e. The molecule has 3 rings (SSSR count). The van der Waals surface area contributed by atoms with Crippen LogP contribution >= 0.6 is 22.9 Å². The van der Waals surface area contributed by atoms with E-state index >= 15 is 0 Å². The van der Waals surface area contributed by atoms with E-state index in [9.17, 15) is 8.42 Å². The summed E-state index contributed by atoms with van der Waals surface area (Å²) in [5, 5.41) is 8.60. The number of nitrogens with one attached hydrogen (secondary N) is 3. The molecule has 0 radical (unpaired) electrons. The highest BCUT2D eigenvalue weighted by atomic mass is 35.5. The zero-order valence-electron chi connectivity index (χ0n) is 12.3. The molecule has 0 unspecified atom stereocenters. The number of hydrogen-bond donors (Lipinski definition) is 3. The molecule has 1 aliphatic heterocycles. The molecule has 9 heteroatoms. The second-order valence-corrected chi connectivity index (χ2v) is 8.17. The van der Waals surface area contributed by atoms with Gasteiger partial charge in [-0.1, -0.05) is 11.6 Å². The van der Waals surface area contributed by atoms with Crippen LogP contribution in [0.3, 0.4) is 0 Å². The van der Waals surface area contributed by atoms with Crippen LogP contribution < -0.4 is 15.4 Å². The molecule has 0 amide bonds. The first-order chi connectivity index (χ1) is 11.0. The van der Waals surface area contributed by atoms with Gasteiger partial charge in [0.05, 0.1) is 21.1 Å². The van der Waals surface area contributed by atoms with Gasteiger partial charge in [0.1, 0.15) is 0 Å². The predicted molar refractivity (Wildman–Crippen MR) is 93.8 cm³/mol. The molecule has 0 spiro atoms. The molecule has 0 saturated carbocycles. The number of thiazole rings is 1. The lowest BCUT2D eigenvalue weighted by Crippen LogP contribution is -2.17. The van der Waals surface area contributed by atoms with Gasteiger partial charge in [-0.3, -0.25) is 4.72 Å². The summed E-state index contributed by atoms with van der Waals surface area (Å²) in [6.07, 6.45) is 1.13. The molecule has 2 heterocycles. The smallest absolute Gasteiger partial charge is 0.263 e. The van der Waals surface area contributed by atoms with Crippen LogP contribution in [0.5, 0.6) is 0 Å². The van der Waals surface area contributed by atoms with Crippen LogP contribution in [0.2, 0.25) is 5.02 Å². The fraction of sp³-hybridized carbons (Fsp3) is 0.357. The van der Waals surface area contributed by atoms with Crippen molar-refractivity contribution in [2.45, 2.75) is 11.3 Å². The maximum atomic E-state index is 12.3. The molecule has 6 nitrogen and oxygen atoms in total. The van der Waals surface area contributed by atoms with Crippen molar-refractivity contribution in [3.63, 3.8) is 0 Å². The number of hydrogen-bond acceptors (Lipinski definition) is 6. The molecule has 1 aromatic heterocycles. The number of sulfonamides is 1. The lowest BCUT2D eigenvalue weighted by atomic mass is 10.1. The summed E-state index contributed by atoms with van der Waals surface area (Å²) < 4.78 is 27.0. The van der Waals surface area contributed by atoms with E-state index in [-0.39, 0.29) is 4.90 Å². The van der Waals surface area contributed by atoms with Crippen molar-refractivity contribution in [1.29, 1.82) is 0 Å². The van der Waals surface area contributed by atoms with Gasteiger partial charge in [-0.05, 0) is 43.6 Å². The van der Waals surface area contributed by atoms with Gasteiger partial charge in [-0.2, -0.15) is 0 Å². The van der Waals surface area contributed by atoms with Crippen molar-refractivity contribution in [3.8, 4) is 0 Å². The van der Waals surface area contributed by atoms with E-state index in [1.165, 1.54) is 23.5 Å². The average molecular weight is 373 g/mol. The number of halogens is 1. The fourth-order valence-electron chi connectivity index (χ4n) is 2.41. The van der Waals surface area contributed by atoms with Gasteiger partial charge in [-0.25, -0.2) is 13.4 Å². The predicted octanol–water partition coefficient (Wildman–Crippen LogP) is 2.62. The number of aromatic nitrogens is 1. The summed E-state index contributed by atoms with van der Waals surface area (Å²) in [7, 11) is -3.68. The van der Waals surface area contributed by atoms with E-state index in [0.29, 0.717) is 16.8 Å². The zero-order chi connectivity index (χ0) is 16.3.